The van der Waals surface area contributed by atoms with Crippen LogP contribution in [0.25, 0.3) is 0 Å². The summed E-state index contributed by atoms with van der Waals surface area (Å²) in [7, 11) is 0. The number of hydrogen-bond acceptors (Lipinski definition) is 6. The largest absolute Gasteiger partial charge is 0.478 e. The topological polar surface area (TPSA) is 77.7 Å². The fourth-order valence-electron chi connectivity index (χ4n) is 4.10. The van der Waals surface area contributed by atoms with Gasteiger partial charge in [-0.3, -0.25) is 4.79 Å². The molecule has 2 aliphatic heterocycles. The summed E-state index contributed by atoms with van der Waals surface area (Å²) in [6.45, 7) is 6.23. The first-order valence-corrected chi connectivity index (χ1v) is 9.46. The third-order valence-corrected chi connectivity index (χ3v) is 5.50. The zero-order valence-electron chi connectivity index (χ0n) is 15.8. The molecule has 0 radical (unpaired) electrons. The molecule has 0 aromatic carbocycles. The van der Waals surface area contributed by atoms with Gasteiger partial charge in [-0.05, 0) is 45.1 Å². The molecule has 0 aliphatic carbocycles. The maximum atomic E-state index is 12.7. The summed E-state index contributed by atoms with van der Waals surface area (Å²) < 4.78 is 16.9. The van der Waals surface area contributed by atoms with Crippen molar-refractivity contribution in [3.63, 3.8) is 0 Å². The van der Waals surface area contributed by atoms with E-state index in [0.717, 1.165) is 25.9 Å². The van der Waals surface area contributed by atoms with Crippen molar-refractivity contribution in [1.29, 1.82) is 0 Å². The summed E-state index contributed by atoms with van der Waals surface area (Å²) in [6.07, 6.45) is 4.70. The van der Waals surface area contributed by atoms with Crippen LogP contribution in [0.5, 0.6) is 5.88 Å². The van der Waals surface area contributed by atoms with Crippen LogP contribution >= 0.6 is 0 Å². The van der Waals surface area contributed by atoms with E-state index in [1.165, 1.54) is 0 Å². The Morgan fingerprint density at radius 2 is 2.22 bits per heavy atom. The van der Waals surface area contributed by atoms with E-state index in [0.29, 0.717) is 48.5 Å². The van der Waals surface area contributed by atoms with Crippen LogP contribution in [0.1, 0.15) is 41.1 Å². The van der Waals surface area contributed by atoms with Gasteiger partial charge >= 0.3 is 0 Å². The molecule has 144 valence electrons. The monoisotopic (exact) mass is 371 g/mol. The summed E-state index contributed by atoms with van der Waals surface area (Å²) in [5.41, 5.74) is 1.02. The molecule has 4 rings (SSSR count). The lowest BCUT2D eigenvalue weighted by Gasteiger charge is -2.53. The summed E-state index contributed by atoms with van der Waals surface area (Å²) in [6, 6.07) is 5.67. The average Bonchev–Trinajstić information content (AvgIpc) is 2.99. The van der Waals surface area contributed by atoms with Gasteiger partial charge < -0.3 is 18.9 Å². The zero-order chi connectivity index (χ0) is 18.9. The van der Waals surface area contributed by atoms with E-state index < -0.39 is 0 Å². The molecule has 2 saturated heterocycles. The second-order valence-corrected chi connectivity index (χ2v) is 7.56. The van der Waals surface area contributed by atoms with E-state index in [2.05, 4.69) is 10.1 Å². The predicted molar refractivity (Wildman–Crippen MR) is 97.6 cm³/mol. The van der Waals surface area contributed by atoms with Crippen LogP contribution < -0.4 is 4.74 Å². The van der Waals surface area contributed by atoms with Crippen LogP contribution in [0, 0.1) is 19.8 Å². The molecule has 0 bridgehead atoms. The Morgan fingerprint density at radius 1 is 1.37 bits per heavy atom. The average molecular weight is 371 g/mol. The van der Waals surface area contributed by atoms with Gasteiger partial charge in [0.15, 0.2) is 0 Å². The molecule has 1 spiro atoms. The highest BCUT2D eigenvalue weighted by Gasteiger charge is 2.49. The van der Waals surface area contributed by atoms with Crippen molar-refractivity contribution in [2.24, 2.45) is 5.92 Å². The standard InChI is InChI=1S/C20H25N3O4/c1-14-18(15(2)27-22-14)19(24)23-12-20(13-23)11-16(7-10-26-20)6-9-25-17-5-3-4-8-21-17/h3-5,8,16H,6-7,9-13H2,1-2H3/t16-/m1/s1. The molecular weight excluding hydrogens is 346 g/mol. The number of amides is 1. The first-order chi connectivity index (χ1) is 13.1. The minimum Gasteiger partial charge on any atom is -0.478 e. The van der Waals surface area contributed by atoms with Crippen molar-refractivity contribution >= 4 is 5.91 Å². The molecule has 0 N–H and O–H groups in total. The fraction of sp³-hybridized carbons (Fsp3) is 0.550. The molecule has 1 atom stereocenters. The second-order valence-electron chi connectivity index (χ2n) is 7.56. The van der Waals surface area contributed by atoms with Crippen LogP contribution in [-0.2, 0) is 4.74 Å². The lowest BCUT2D eigenvalue weighted by atomic mass is 9.79. The van der Waals surface area contributed by atoms with E-state index >= 15 is 0 Å². The first-order valence-electron chi connectivity index (χ1n) is 9.46. The fourth-order valence-corrected chi connectivity index (χ4v) is 4.10. The molecule has 2 aromatic heterocycles. The number of rotatable bonds is 5. The zero-order valence-corrected chi connectivity index (χ0v) is 15.8. The van der Waals surface area contributed by atoms with Gasteiger partial charge in [0.25, 0.3) is 5.91 Å². The number of carbonyl (C=O) groups is 1. The SMILES string of the molecule is Cc1noc(C)c1C(=O)N1CC2(C[C@H](CCOc3ccccn3)CCO2)C1. The molecule has 0 unspecified atom stereocenters. The molecule has 7 heteroatoms. The Hall–Kier alpha value is -2.41. The Balaban J connectivity index is 1.28. The van der Waals surface area contributed by atoms with E-state index in [4.69, 9.17) is 14.0 Å². The Kier molecular flexibility index (Phi) is 4.86. The first kappa shape index (κ1) is 18.0. The van der Waals surface area contributed by atoms with E-state index in [9.17, 15) is 4.79 Å². The number of aromatic nitrogens is 2. The van der Waals surface area contributed by atoms with Gasteiger partial charge in [-0.15, -0.1) is 0 Å². The highest BCUT2D eigenvalue weighted by atomic mass is 16.5. The molecule has 7 nitrogen and oxygen atoms in total. The van der Waals surface area contributed by atoms with Crippen molar-refractivity contribution in [2.45, 2.75) is 38.7 Å². The summed E-state index contributed by atoms with van der Waals surface area (Å²) in [5.74, 6) is 1.77. The van der Waals surface area contributed by atoms with Crippen molar-refractivity contribution in [1.82, 2.24) is 15.0 Å². The van der Waals surface area contributed by atoms with Gasteiger partial charge in [0.1, 0.15) is 16.9 Å². The highest BCUT2D eigenvalue weighted by molar-refractivity contribution is 5.96. The summed E-state index contributed by atoms with van der Waals surface area (Å²) >= 11 is 0. The number of nitrogens with zero attached hydrogens (tertiary/aromatic N) is 3. The molecule has 4 heterocycles. The molecular formula is C20H25N3O4. The predicted octanol–water partition coefficient (Wildman–Crippen LogP) is 2.78. The van der Waals surface area contributed by atoms with Gasteiger partial charge in [-0.1, -0.05) is 11.2 Å². The maximum Gasteiger partial charge on any atom is 0.259 e. The quantitative estimate of drug-likeness (QED) is 0.804. The molecule has 2 aliphatic rings. The van der Waals surface area contributed by atoms with Crippen molar-refractivity contribution in [3.05, 3.63) is 41.4 Å². The molecule has 27 heavy (non-hydrogen) atoms. The lowest BCUT2D eigenvalue weighted by Crippen LogP contribution is -2.66. The Bertz CT molecular complexity index is 779. The van der Waals surface area contributed by atoms with Crippen LogP contribution in [0.4, 0.5) is 0 Å². The third kappa shape index (κ3) is 3.69. The number of carbonyl (C=O) groups excluding carboxylic acids is 1. The Morgan fingerprint density at radius 3 is 2.93 bits per heavy atom. The van der Waals surface area contributed by atoms with Gasteiger partial charge in [0, 0.05) is 18.9 Å². The van der Waals surface area contributed by atoms with Crippen LogP contribution in [0.2, 0.25) is 0 Å². The van der Waals surface area contributed by atoms with Gasteiger partial charge in [0.2, 0.25) is 5.88 Å². The van der Waals surface area contributed by atoms with Gasteiger partial charge in [-0.25, -0.2) is 4.98 Å². The maximum absolute atomic E-state index is 12.7. The van der Waals surface area contributed by atoms with Crippen LogP contribution in [-0.4, -0.2) is 52.9 Å². The minimum atomic E-state index is -0.206. The normalized spacial score (nSPS) is 21.1. The Labute approximate surface area is 158 Å². The van der Waals surface area contributed by atoms with E-state index in [1.807, 2.05) is 23.1 Å². The van der Waals surface area contributed by atoms with Crippen molar-refractivity contribution in [3.8, 4) is 5.88 Å². The van der Waals surface area contributed by atoms with Gasteiger partial charge in [-0.2, -0.15) is 0 Å². The van der Waals surface area contributed by atoms with Crippen LogP contribution in [0.3, 0.4) is 0 Å². The molecule has 0 saturated carbocycles. The van der Waals surface area contributed by atoms with Crippen molar-refractivity contribution < 1.29 is 18.8 Å². The number of aryl methyl sites for hydroxylation is 2. The molecule has 1 amide bonds. The van der Waals surface area contributed by atoms with Gasteiger partial charge in [0.05, 0.1) is 25.4 Å². The highest BCUT2D eigenvalue weighted by Crippen LogP contribution is 2.39. The smallest absolute Gasteiger partial charge is 0.259 e. The summed E-state index contributed by atoms with van der Waals surface area (Å²) in [4.78, 5) is 18.7. The van der Waals surface area contributed by atoms with E-state index in [-0.39, 0.29) is 11.5 Å². The lowest BCUT2D eigenvalue weighted by molar-refractivity contribution is -0.166. The summed E-state index contributed by atoms with van der Waals surface area (Å²) in [5, 5.41) is 3.88. The van der Waals surface area contributed by atoms with Crippen molar-refractivity contribution in [2.75, 3.05) is 26.3 Å². The number of pyridine rings is 1. The second kappa shape index (κ2) is 7.31. The van der Waals surface area contributed by atoms with Crippen LogP contribution in [0.15, 0.2) is 28.9 Å². The third-order valence-electron chi connectivity index (χ3n) is 5.50. The minimum absolute atomic E-state index is 0.0129. The number of hydrogen-bond donors (Lipinski definition) is 0. The van der Waals surface area contributed by atoms with E-state index in [1.54, 1.807) is 20.0 Å². The number of ether oxygens (including phenoxy) is 2. The number of likely N-dealkylation sites (tertiary alicyclic amines) is 1. The molecule has 2 fully saturated rings. The molecule has 2 aromatic rings.